The zero-order valence-electron chi connectivity index (χ0n) is 13.1. The second-order valence-electron chi connectivity index (χ2n) is 5.32. The highest BCUT2D eigenvalue weighted by molar-refractivity contribution is 7.89. The molecular weight excluding hydrogens is 302 g/mol. The van der Waals surface area contributed by atoms with Gasteiger partial charge in [-0.05, 0) is 31.5 Å². The molecular formula is C15H19N3O3S. The van der Waals surface area contributed by atoms with Crippen LogP contribution in [0.3, 0.4) is 0 Å². The molecule has 118 valence electrons. The quantitative estimate of drug-likeness (QED) is 0.847. The van der Waals surface area contributed by atoms with Crippen molar-refractivity contribution in [2.75, 3.05) is 14.1 Å². The average Bonchev–Trinajstić information content (AvgIpc) is 2.48. The normalized spacial score (nSPS) is 11.9. The van der Waals surface area contributed by atoms with Gasteiger partial charge < -0.3 is 0 Å². The lowest BCUT2D eigenvalue weighted by Gasteiger charge is -2.13. The van der Waals surface area contributed by atoms with Crippen LogP contribution < -0.4 is 5.56 Å². The Hall–Kier alpha value is -1.99. The van der Waals surface area contributed by atoms with Crippen LogP contribution in [0.1, 0.15) is 16.8 Å². The van der Waals surface area contributed by atoms with Crippen LogP contribution in [0.15, 0.2) is 40.3 Å². The van der Waals surface area contributed by atoms with Gasteiger partial charge >= 0.3 is 0 Å². The first-order valence-electron chi connectivity index (χ1n) is 6.77. The first-order valence-corrected chi connectivity index (χ1v) is 8.21. The lowest BCUT2D eigenvalue weighted by Crippen LogP contribution is -2.25. The Kier molecular flexibility index (Phi) is 4.48. The number of sulfonamides is 1. The Bertz CT molecular complexity index is 855. The lowest BCUT2D eigenvalue weighted by molar-refractivity contribution is 0.520. The highest BCUT2D eigenvalue weighted by Gasteiger charge is 2.17. The summed E-state index contributed by atoms with van der Waals surface area (Å²) in [5.41, 5.74) is 1.91. The van der Waals surface area contributed by atoms with Gasteiger partial charge in [0.25, 0.3) is 5.56 Å². The minimum absolute atomic E-state index is 0.117. The Morgan fingerprint density at radius 3 is 2.55 bits per heavy atom. The van der Waals surface area contributed by atoms with Crippen LogP contribution in [0, 0.1) is 13.8 Å². The largest absolute Gasteiger partial charge is 0.295 e. The van der Waals surface area contributed by atoms with E-state index in [-0.39, 0.29) is 17.0 Å². The fourth-order valence-corrected chi connectivity index (χ4v) is 2.97. The van der Waals surface area contributed by atoms with Gasteiger partial charge in [0.05, 0.1) is 17.8 Å². The molecule has 22 heavy (non-hydrogen) atoms. The summed E-state index contributed by atoms with van der Waals surface area (Å²) < 4.78 is 26.9. The van der Waals surface area contributed by atoms with Crippen molar-refractivity contribution in [2.45, 2.75) is 25.3 Å². The minimum atomic E-state index is -3.49. The molecule has 6 nitrogen and oxygen atoms in total. The van der Waals surface area contributed by atoms with Gasteiger partial charge in [-0.25, -0.2) is 17.7 Å². The predicted molar refractivity (Wildman–Crippen MR) is 84.4 cm³/mol. The van der Waals surface area contributed by atoms with Gasteiger partial charge in [-0.15, -0.1) is 0 Å². The molecule has 0 unspecified atom stereocenters. The maximum Gasteiger partial charge on any atom is 0.256 e. The Labute approximate surface area is 130 Å². The van der Waals surface area contributed by atoms with Crippen LogP contribution in [0.4, 0.5) is 0 Å². The summed E-state index contributed by atoms with van der Waals surface area (Å²) in [7, 11) is -0.515. The topological polar surface area (TPSA) is 72.3 Å². The smallest absolute Gasteiger partial charge is 0.256 e. The zero-order chi connectivity index (χ0) is 16.5. The summed E-state index contributed by atoms with van der Waals surface area (Å²) in [5, 5.41) is 0. The van der Waals surface area contributed by atoms with E-state index in [0.29, 0.717) is 11.3 Å². The van der Waals surface area contributed by atoms with E-state index in [0.717, 1.165) is 9.87 Å². The van der Waals surface area contributed by atoms with E-state index in [9.17, 15) is 13.2 Å². The predicted octanol–water partition coefficient (Wildman–Crippen LogP) is 1.16. The van der Waals surface area contributed by atoms with Crippen LogP contribution in [0.2, 0.25) is 0 Å². The van der Waals surface area contributed by atoms with E-state index in [1.165, 1.54) is 25.0 Å². The van der Waals surface area contributed by atoms with E-state index in [4.69, 9.17) is 0 Å². The zero-order valence-corrected chi connectivity index (χ0v) is 13.9. The van der Waals surface area contributed by atoms with Crippen molar-refractivity contribution in [2.24, 2.45) is 0 Å². The van der Waals surface area contributed by atoms with Crippen molar-refractivity contribution in [3.8, 4) is 0 Å². The fraction of sp³-hybridized carbons (Fsp3) is 0.333. The van der Waals surface area contributed by atoms with Gasteiger partial charge in [-0.1, -0.05) is 12.1 Å². The van der Waals surface area contributed by atoms with E-state index in [2.05, 4.69) is 4.98 Å². The maximum atomic E-state index is 12.2. The summed E-state index contributed by atoms with van der Waals surface area (Å²) in [4.78, 5) is 16.6. The van der Waals surface area contributed by atoms with Crippen molar-refractivity contribution in [1.29, 1.82) is 0 Å². The van der Waals surface area contributed by atoms with E-state index in [1.54, 1.807) is 38.1 Å². The second-order valence-corrected chi connectivity index (χ2v) is 7.47. The van der Waals surface area contributed by atoms with Crippen molar-refractivity contribution >= 4 is 10.0 Å². The number of hydrogen-bond donors (Lipinski definition) is 0. The number of nitrogens with zero attached hydrogens (tertiary/aromatic N) is 3. The molecule has 1 heterocycles. The molecule has 0 amide bonds. The van der Waals surface area contributed by atoms with E-state index in [1.807, 2.05) is 0 Å². The molecule has 0 fully saturated rings. The molecule has 0 radical (unpaired) electrons. The fourth-order valence-electron chi connectivity index (χ4n) is 2.00. The third-order valence-corrected chi connectivity index (χ3v) is 5.36. The summed E-state index contributed by atoms with van der Waals surface area (Å²) in [5.74, 6) is 0. The molecule has 1 aromatic heterocycles. The molecule has 0 saturated heterocycles. The van der Waals surface area contributed by atoms with Crippen LogP contribution in [-0.4, -0.2) is 36.4 Å². The average molecular weight is 321 g/mol. The molecule has 0 atom stereocenters. The Balaban J connectivity index is 2.41. The number of aromatic nitrogens is 2. The molecule has 0 aliphatic heterocycles. The molecule has 0 spiro atoms. The number of hydrogen-bond acceptors (Lipinski definition) is 4. The highest BCUT2D eigenvalue weighted by Crippen LogP contribution is 2.15. The second kappa shape index (κ2) is 6.02. The SMILES string of the molecule is Cc1ncn(Cc2cccc(S(=O)(=O)N(C)C)c2)c(=O)c1C. The van der Waals surface area contributed by atoms with Gasteiger partial charge in [-0.3, -0.25) is 9.36 Å². The van der Waals surface area contributed by atoms with Crippen LogP contribution in [0.25, 0.3) is 0 Å². The van der Waals surface area contributed by atoms with Gasteiger partial charge in [-0.2, -0.15) is 0 Å². The highest BCUT2D eigenvalue weighted by atomic mass is 32.2. The number of aryl methyl sites for hydroxylation is 1. The molecule has 7 heteroatoms. The Morgan fingerprint density at radius 1 is 1.23 bits per heavy atom. The first-order chi connectivity index (χ1) is 10.2. The third kappa shape index (κ3) is 3.10. The van der Waals surface area contributed by atoms with Gasteiger partial charge in [0.2, 0.25) is 10.0 Å². The van der Waals surface area contributed by atoms with Crippen molar-refractivity contribution in [3.63, 3.8) is 0 Å². The van der Waals surface area contributed by atoms with Gasteiger partial charge in [0, 0.05) is 25.4 Å². The summed E-state index contributed by atoms with van der Waals surface area (Å²) in [6.45, 7) is 3.79. The Morgan fingerprint density at radius 2 is 1.91 bits per heavy atom. The van der Waals surface area contributed by atoms with Crippen molar-refractivity contribution in [1.82, 2.24) is 13.9 Å². The summed E-state index contributed by atoms with van der Waals surface area (Å²) >= 11 is 0. The molecule has 1 aromatic carbocycles. The van der Waals surface area contributed by atoms with Crippen LogP contribution >= 0.6 is 0 Å². The molecule has 0 saturated carbocycles. The van der Waals surface area contributed by atoms with Crippen LogP contribution in [0.5, 0.6) is 0 Å². The molecule has 0 bridgehead atoms. The standard InChI is InChI=1S/C15H19N3O3S/c1-11-12(2)16-10-18(15(11)19)9-13-6-5-7-14(8-13)22(20,21)17(3)4/h5-8,10H,9H2,1-4H3. The maximum absolute atomic E-state index is 12.2. The minimum Gasteiger partial charge on any atom is -0.295 e. The van der Waals surface area contributed by atoms with E-state index < -0.39 is 10.0 Å². The first kappa shape index (κ1) is 16.4. The van der Waals surface area contributed by atoms with Crippen LogP contribution in [-0.2, 0) is 16.6 Å². The summed E-state index contributed by atoms with van der Waals surface area (Å²) in [6, 6.07) is 6.58. The molecule has 0 aliphatic rings. The number of rotatable bonds is 4. The molecule has 2 aromatic rings. The molecule has 0 aliphatic carbocycles. The third-order valence-electron chi connectivity index (χ3n) is 3.55. The molecule has 2 rings (SSSR count). The molecule has 0 N–H and O–H groups in total. The monoisotopic (exact) mass is 321 g/mol. The van der Waals surface area contributed by atoms with Gasteiger partial charge in [0.1, 0.15) is 0 Å². The van der Waals surface area contributed by atoms with Crippen molar-refractivity contribution in [3.05, 3.63) is 57.8 Å². The lowest BCUT2D eigenvalue weighted by atomic mass is 10.2. The van der Waals surface area contributed by atoms with Gasteiger partial charge in [0.15, 0.2) is 0 Å². The summed E-state index contributed by atoms with van der Waals surface area (Å²) in [6.07, 6.45) is 1.48. The number of benzene rings is 1. The van der Waals surface area contributed by atoms with E-state index >= 15 is 0 Å². The van der Waals surface area contributed by atoms with Crippen molar-refractivity contribution < 1.29 is 8.42 Å².